The molecule has 0 saturated heterocycles. The van der Waals surface area contributed by atoms with Crippen LogP contribution in [-0.2, 0) is 13.0 Å². The van der Waals surface area contributed by atoms with Crippen LogP contribution in [0, 0.1) is 0 Å². The molecule has 0 fully saturated rings. The molecule has 5 nitrogen and oxygen atoms in total. The lowest BCUT2D eigenvalue weighted by Crippen LogP contribution is -2.22. The molecule has 0 bridgehead atoms. The van der Waals surface area contributed by atoms with Crippen molar-refractivity contribution in [3.8, 4) is 0 Å². The molecule has 2 aromatic rings. The van der Waals surface area contributed by atoms with Crippen molar-refractivity contribution in [2.24, 2.45) is 0 Å². The lowest BCUT2D eigenvalue weighted by molar-refractivity contribution is 0.0996. The molecule has 7 heteroatoms. The zero-order valence-electron chi connectivity index (χ0n) is 9.43. The van der Waals surface area contributed by atoms with Gasteiger partial charge in [0.2, 0.25) is 0 Å². The molecule has 2 N–H and O–H groups in total. The smallest absolute Gasteiger partial charge is 0.293 e. The van der Waals surface area contributed by atoms with Gasteiger partial charge in [-0.2, -0.15) is 0 Å². The van der Waals surface area contributed by atoms with Crippen molar-refractivity contribution in [3.63, 3.8) is 0 Å². The van der Waals surface area contributed by atoms with Crippen molar-refractivity contribution in [3.05, 3.63) is 34.7 Å². The number of hydrogen-bond acceptors (Lipinski definition) is 5. The van der Waals surface area contributed by atoms with E-state index in [2.05, 4.69) is 15.6 Å². The van der Waals surface area contributed by atoms with Gasteiger partial charge in [0.1, 0.15) is 0 Å². The second kappa shape index (κ2) is 5.51. The average molecular weight is 286 g/mol. The third-order valence-corrected chi connectivity index (χ3v) is 3.58. The highest BCUT2D eigenvalue weighted by molar-refractivity contribution is 7.15. The number of anilines is 1. The van der Waals surface area contributed by atoms with Crippen LogP contribution >= 0.6 is 23.7 Å². The normalized spacial score (nSPS) is 13.6. The first-order valence-electron chi connectivity index (χ1n) is 5.37. The molecule has 3 rings (SSSR count). The molecule has 0 aromatic carbocycles. The fraction of sp³-hybridized carbons (Fsp3) is 0.273. The van der Waals surface area contributed by atoms with Crippen molar-refractivity contribution in [1.29, 1.82) is 0 Å². The SMILES string of the molecule is Cl.O=C(Nc1nc2c(s1)CNCC2)c1ccco1. The van der Waals surface area contributed by atoms with E-state index in [0.29, 0.717) is 10.9 Å². The van der Waals surface area contributed by atoms with Crippen LogP contribution in [0.3, 0.4) is 0 Å². The summed E-state index contributed by atoms with van der Waals surface area (Å²) in [6.45, 7) is 1.78. The molecular formula is C11H12ClN3O2S. The van der Waals surface area contributed by atoms with E-state index in [9.17, 15) is 4.79 Å². The minimum atomic E-state index is -0.256. The minimum absolute atomic E-state index is 0. The maximum atomic E-state index is 11.7. The monoisotopic (exact) mass is 285 g/mol. The van der Waals surface area contributed by atoms with E-state index in [-0.39, 0.29) is 18.3 Å². The Labute approximate surface area is 114 Å². The Morgan fingerprint density at radius 2 is 2.44 bits per heavy atom. The summed E-state index contributed by atoms with van der Waals surface area (Å²) in [5.74, 6) is 0.0466. The maximum absolute atomic E-state index is 11.7. The van der Waals surface area contributed by atoms with Crippen LogP contribution in [0.2, 0.25) is 0 Å². The van der Waals surface area contributed by atoms with E-state index in [0.717, 1.165) is 25.2 Å². The van der Waals surface area contributed by atoms with E-state index < -0.39 is 0 Å². The van der Waals surface area contributed by atoms with E-state index in [4.69, 9.17) is 4.42 Å². The largest absolute Gasteiger partial charge is 0.459 e. The zero-order chi connectivity index (χ0) is 11.7. The van der Waals surface area contributed by atoms with Gasteiger partial charge in [-0.3, -0.25) is 10.1 Å². The van der Waals surface area contributed by atoms with Crippen LogP contribution in [0.5, 0.6) is 0 Å². The van der Waals surface area contributed by atoms with Gasteiger partial charge in [0, 0.05) is 24.4 Å². The maximum Gasteiger partial charge on any atom is 0.293 e. The topological polar surface area (TPSA) is 67.2 Å². The predicted octanol–water partition coefficient (Wildman–Crippen LogP) is 2.06. The highest BCUT2D eigenvalue weighted by Gasteiger charge is 2.17. The predicted molar refractivity (Wildman–Crippen MR) is 71.4 cm³/mol. The number of rotatable bonds is 2. The molecule has 1 amide bonds. The highest BCUT2D eigenvalue weighted by Crippen LogP contribution is 2.25. The number of amides is 1. The molecule has 0 saturated carbocycles. The summed E-state index contributed by atoms with van der Waals surface area (Å²) in [7, 11) is 0. The number of carbonyl (C=O) groups is 1. The molecule has 0 spiro atoms. The van der Waals surface area contributed by atoms with E-state index in [1.165, 1.54) is 22.5 Å². The molecular weight excluding hydrogens is 274 g/mol. The van der Waals surface area contributed by atoms with Gasteiger partial charge >= 0.3 is 0 Å². The number of halogens is 1. The molecule has 1 aliphatic heterocycles. The summed E-state index contributed by atoms with van der Waals surface area (Å²) in [5, 5.41) is 6.66. The number of hydrogen-bond donors (Lipinski definition) is 2. The number of aromatic nitrogens is 1. The molecule has 18 heavy (non-hydrogen) atoms. The summed E-state index contributed by atoms with van der Waals surface area (Å²) in [5.41, 5.74) is 1.09. The summed E-state index contributed by atoms with van der Waals surface area (Å²) in [4.78, 5) is 17.3. The quantitative estimate of drug-likeness (QED) is 0.886. The van der Waals surface area contributed by atoms with Gasteiger partial charge in [-0.1, -0.05) is 0 Å². The van der Waals surface area contributed by atoms with Crippen molar-refractivity contribution >= 4 is 34.8 Å². The second-order valence-electron chi connectivity index (χ2n) is 3.75. The van der Waals surface area contributed by atoms with Crippen molar-refractivity contribution < 1.29 is 9.21 Å². The first kappa shape index (κ1) is 13.1. The molecule has 0 unspecified atom stereocenters. The van der Waals surface area contributed by atoms with E-state index in [1.807, 2.05) is 0 Å². The highest BCUT2D eigenvalue weighted by atomic mass is 35.5. The van der Waals surface area contributed by atoms with Gasteiger partial charge < -0.3 is 9.73 Å². The van der Waals surface area contributed by atoms with Crippen LogP contribution in [-0.4, -0.2) is 17.4 Å². The van der Waals surface area contributed by atoms with E-state index in [1.54, 1.807) is 12.1 Å². The Morgan fingerprint density at radius 1 is 1.56 bits per heavy atom. The first-order chi connectivity index (χ1) is 8.33. The number of carbonyl (C=O) groups excluding carboxylic acids is 1. The lowest BCUT2D eigenvalue weighted by Gasteiger charge is -2.09. The zero-order valence-corrected chi connectivity index (χ0v) is 11.1. The summed E-state index contributed by atoms with van der Waals surface area (Å²) in [6, 6.07) is 3.32. The fourth-order valence-corrected chi connectivity index (χ4v) is 2.72. The van der Waals surface area contributed by atoms with Gasteiger partial charge in [-0.05, 0) is 12.1 Å². The van der Waals surface area contributed by atoms with Crippen LogP contribution in [0.15, 0.2) is 22.8 Å². The number of nitrogens with zero attached hydrogens (tertiary/aromatic N) is 1. The Hall–Kier alpha value is -1.37. The van der Waals surface area contributed by atoms with Gasteiger partial charge in [0.15, 0.2) is 10.9 Å². The molecule has 96 valence electrons. The molecule has 3 heterocycles. The molecule has 0 aliphatic carbocycles. The van der Waals surface area contributed by atoms with Crippen LogP contribution in [0.1, 0.15) is 21.1 Å². The average Bonchev–Trinajstić information content (AvgIpc) is 2.97. The van der Waals surface area contributed by atoms with Crippen LogP contribution < -0.4 is 10.6 Å². The Kier molecular flexibility index (Phi) is 4.00. The van der Waals surface area contributed by atoms with E-state index >= 15 is 0 Å². The number of furan rings is 1. The molecule has 1 aliphatic rings. The lowest BCUT2D eigenvalue weighted by atomic mass is 10.2. The fourth-order valence-electron chi connectivity index (χ4n) is 1.75. The van der Waals surface area contributed by atoms with Gasteiger partial charge in [0.05, 0.1) is 12.0 Å². The van der Waals surface area contributed by atoms with Crippen molar-refractivity contribution in [1.82, 2.24) is 10.3 Å². The standard InChI is InChI=1S/C11H11N3O2S.ClH/c15-10(8-2-1-5-16-8)14-11-13-7-3-4-12-6-9(7)17-11;/h1-2,5,12H,3-4,6H2,(H,13,14,15);1H. The molecule has 0 radical (unpaired) electrons. The Balaban J connectivity index is 0.00000120. The Morgan fingerprint density at radius 3 is 3.17 bits per heavy atom. The molecule has 2 aromatic heterocycles. The van der Waals surface area contributed by atoms with Gasteiger partial charge in [-0.15, -0.1) is 23.7 Å². The number of thiazole rings is 1. The van der Waals surface area contributed by atoms with Crippen LogP contribution in [0.4, 0.5) is 5.13 Å². The van der Waals surface area contributed by atoms with Crippen molar-refractivity contribution in [2.45, 2.75) is 13.0 Å². The number of nitrogens with one attached hydrogen (secondary N) is 2. The third-order valence-electron chi connectivity index (χ3n) is 2.57. The minimum Gasteiger partial charge on any atom is -0.459 e. The second-order valence-corrected chi connectivity index (χ2v) is 4.83. The van der Waals surface area contributed by atoms with Crippen LogP contribution in [0.25, 0.3) is 0 Å². The summed E-state index contributed by atoms with van der Waals surface area (Å²) in [6.07, 6.45) is 2.40. The third kappa shape index (κ3) is 2.55. The van der Waals surface area contributed by atoms with Crippen molar-refractivity contribution in [2.75, 3.05) is 11.9 Å². The van der Waals surface area contributed by atoms with Gasteiger partial charge in [0.25, 0.3) is 5.91 Å². The number of fused-ring (bicyclic) bond motifs is 1. The molecule has 0 atom stereocenters. The summed E-state index contributed by atoms with van der Waals surface area (Å²) < 4.78 is 5.02. The first-order valence-corrected chi connectivity index (χ1v) is 6.19. The Bertz CT molecular complexity index is 515. The van der Waals surface area contributed by atoms with Gasteiger partial charge in [-0.25, -0.2) is 4.98 Å². The summed E-state index contributed by atoms with van der Waals surface area (Å²) >= 11 is 1.51.